The predicted octanol–water partition coefficient (Wildman–Crippen LogP) is 4.35. The summed E-state index contributed by atoms with van der Waals surface area (Å²) in [7, 11) is 1.47. The monoisotopic (exact) mass is 516 g/mol. The van der Waals surface area contributed by atoms with E-state index < -0.39 is 17.8 Å². The van der Waals surface area contributed by atoms with Crippen molar-refractivity contribution < 1.29 is 22.7 Å². The van der Waals surface area contributed by atoms with Gasteiger partial charge in [-0.1, -0.05) is 6.07 Å². The lowest BCUT2D eigenvalue weighted by atomic mass is 9.85. The number of carbonyl (C=O) groups excluding carboxylic acids is 1. The summed E-state index contributed by atoms with van der Waals surface area (Å²) in [6.07, 6.45) is 1.79. The molecule has 0 unspecified atom stereocenters. The van der Waals surface area contributed by atoms with Gasteiger partial charge in [-0.25, -0.2) is 4.98 Å². The van der Waals surface area contributed by atoms with E-state index in [4.69, 9.17) is 9.84 Å². The molecule has 1 saturated carbocycles. The summed E-state index contributed by atoms with van der Waals surface area (Å²) < 4.78 is 46.5. The average molecular weight is 517 g/mol. The van der Waals surface area contributed by atoms with Gasteiger partial charge in [-0.2, -0.15) is 18.3 Å². The van der Waals surface area contributed by atoms with E-state index in [0.29, 0.717) is 23.4 Å². The van der Waals surface area contributed by atoms with E-state index >= 15 is 0 Å². The van der Waals surface area contributed by atoms with Crippen LogP contribution in [0.15, 0.2) is 36.5 Å². The molecule has 1 aliphatic carbocycles. The Morgan fingerprint density at radius 2 is 1.92 bits per heavy atom. The van der Waals surface area contributed by atoms with Crippen LogP contribution in [0.1, 0.15) is 47.9 Å². The van der Waals surface area contributed by atoms with E-state index in [-0.39, 0.29) is 5.69 Å². The van der Waals surface area contributed by atoms with Crippen molar-refractivity contribution in [2.24, 2.45) is 5.92 Å². The second kappa shape index (κ2) is 10.7. The third-order valence-corrected chi connectivity index (χ3v) is 7.28. The maximum atomic E-state index is 13.0. The zero-order valence-corrected chi connectivity index (χ0v) is 20.7. The number of hydrogen-bond acceptors (Lipinski definition) is 6. The number of nitrogens with one attached hydrogen (secondary N) is 2. The van der Waals surface area contributed by atoms with Gasteiger partial charge < -0.3 is 20.3 Å². The van der Waals surface area contributed by atoms with E-state index in [1.807, 2.05) is 10.9 Å². The summed E-state index contributed by atoms with van der Waals surface area (Å²) in [5.74, 6) is 0.336. The van der Waals surface area contributed by atoms with Crippen molar-refractivity contribution in [2.45, 2.75) is 37.9 Å². The third-order valence-electron chi connectivity index (χ3n) is 7.28. The van der Waals surface area contributed by atoms with Crippen LogP contribution in [0, 0.1) is 5.92 Å². The maximum Gasteiger partial charge on any atom is 0.433 e. The summed E-state index contributed by atoms with van der Waals surface area (Å²) in [5, 5.41) is 11.6. The molecular weight excluding hydrogens is 485 g/mol. The molecular formula is C26H31F3N6O2. The van der Waals surface area contributed by atoms with Gasteiger partial charge in [-0.3, -0.25) is 9.48 Å². The van der Waals surface area contributed by atoms with Crippen LogP contribution in [0.5, 0.6) is 5.75 Å². The van der Waals surface area contributed by atoms with E-state index in [1.165, 1.54) is 26.0 Å². The van der Waals surface area contributed by atoms with E-state index in [1.54, 1.807) is 12.1 Å². The fourth-order valence-corrected chi connectivity index (χ4v) is 5.28. The molecule has 3 aromatic rings. The molecule has 1 amide bonds. The maximum absolute atomic E-state index is 13.0. The van der Waals surface area contributed by atoms with Crippen molar-refractivity contribution in [1.29, 1.82) is 0 Å². The number of aromatic nitrogens is 3. The van der Waals surface area contributed by atoms with E-state index in [2.05, 4.69) is 20.5 Å². The molecule has 2 aliphatic rings. The molecule has 2 aromatic heterocycles. The number of anilines is 1. The Labute approximate surface area is 213 Å². The SMILES string of the molecule is COc1cc2nn([C@H]3CC[C@H](CN4CCNCC4)CC3)cc2cc1NC(=O)c1cccc(C(F)(F)F)n1. The zero-order chi connectivity index (χ0) is 26.0. The number of hydrogen-bond donors (Lipinski definition) is 2. The fourth-order valence-electron chi connectivity index (χ4n) is 5.28. The zero-order valence-electron chi connectivity index (χ0n) is 20.7. The molecule has 1 saturated heterocycles. The van der Waals surface area contributed by atoms with Crippen molar-refractivity contribution in [1.82, 2.24) is 25.0 Å². The first-order chi connectivity index (χ1) is 17.8. The molecule has 0 spiro atoms. The van der Waals surface area contributed by atoms with Crippen molar-refractivity contribution in [2.75, 3.05) is 45.2 Å². The molecule has 1 aromatic carbocycles. The molecule has 0 atom stereocenters. The number of alkyl halides is 3. The van der Waals surface area contributed by atoms with Gasteiger partial charge in [-0.05, 0) is 49.8 Å². The number of amides is 1. The largest absolute Gasteiger partial charge is 0.494 e. The lowest BCUT2D eigenvalue weighted by Crippen LogP contribution is -2.45. The molecule has 2 fully saturated rings. The minimum Gasteiger partial charge on any atom is -0.494 e. The van der Waals surface area contributed by atoms with Gasteiger partial charge in [0.2, 0.25) is 0 Å². The standard InChI is InChI=1S/C26H31F3N6O2/c1-37-23-14-21-18(13-22(23)32-25(36)20-3-2-4-24(31-20)26(27,28)29)16-35(33-21)19-7-5-17(6-8-19)15-34-11-9-30-10-12-34/h2-4,13-14,16-17,19,30H,5-12,15H2,1H3,(H,32,36)/t17-,19-. The molecule has 1 aliphatic heterocycles. The Hall–Kier alpha value is -3.18. The van der Waals surface area contributed by atoms with Gasteiger partial charge in [0.15, 0.2) is 0 Å². The molecule has 3 heterocycles. The fraction of sp³-hybridized carbons (Fsp3) is 0.500. The quantitative estimate of drug-likeness (QED) is 0.507. The van der Waals surface area contributed by atoms with Crippen LogP contribution in [0.4, 0.5) is 18.9 Å². The van der Waals surface area contributed by atoms with Crippen molar-refractivity contribution >= 4 is 22.5 Å². The number of piperazine rings is 1. The Morgan fingerprint density at radius 3 is 2.62 bits per heavy atom. The molecule has 0 radical (unpaired) electrons. The Bertz CT molecular complexity index is 1250. The first kappa shape index (κ1) is 25.5. The molecule has 0 bridgehead atoms. The second-order valence-corrected chi connectivity index (χ2v) is 9.81. The number of nitrogens with zero attached hydrogens (tertiary/aromatic N) is 4. The number of pyridine rings is 1. The molecule has 8 nitrogen and oxygen atoms in total. The smallest absolute Gasteiger partial charge is 0.433 e. The van der Waals surface area contributed by atoms with Crippen LogP contribution in [0.2, 0.25) is 0 Å². The molecule has 2 N–H and O–H groups in total. The first-order valence-corrected chi connectivity index (χ1v) is 12.7. The van der Waals surface area contributed by atoms with Gasteiger partial charge in [0.1, 0.15) is 17.1 Å². The average Bonchev–Trinajstić information content (AvgIpc) is 3.31. The second-order valence-electron chi connectivity index (χ2n) is 9.81. The number of halogens is 3. The lowest BCUT2D eigenvalue weighted by Gasteiger charge is -2.34. The van der Waals surface area contributed by atoms with E-state index in [0.717, 1.165) is 68.6 Å². The molecule has 11 heteroatoms. The molecule has 198 valence electrons. The van der Waals surface area contributed by atoms with Crippen LogP contribution in [-0.4, -0.2) is 65.4 Å². The molecule has 5 rings (SSSR count). The minimum atomic E-state index is -4.63. The third kappa shape index (κ3) is 5.88. The number of carbonyl (C=O) groups is 1. The normalized spacial score (nSPS) is 21.2. The summed E-state index contributed by atoms with van der Waals surface area (Å²) in [6, 6.07) is 7.01. The highest BCUT2D eigenvalue weighted by Gasteiger charge is 2.33. The highest BCUT2D eigenvalue weighted by Crippen LogP contribution is 2.35. The topological polar surface area (TPSA) is 84.3 Å². The Morgan fingerprint density at radius 1 is 1.16 bits per heavy atom. The van der Waals surface area contributed by atoms with Crippen molar-refractivity contribution in [3.63, 3.8) is 0 Å². The molecule has 37 heavy (non-hydrogen) atoms. The van der Waals surface area contributed by atoms with Crippen LogP contribution in [0.3, 0.4) is 0 Å². The summed E-state index contributed by atoms with van der Waals surface area (Å²) in [6.45, 7) is 5.54. The minimum absolute atomic E-state index is 0.310. The van der Waals surface area contributed by atoms with Crippen molar-refractivity contribution in [3.05, 3.63) is 47.9 Å². The van der Waals surface area contributed by atoms with Gasteiger partial charge in [-0.15, -0.1) is 0 Å². The van der Waals surface area contributed by atoms with Crippen LogP contribution < -0.4 is 15.4 Å². The Balaban J connectivity index is 1.28. The summed E-state index contributed by atoms with van der Waals surface area (Å²) in [4.78, 5) is 18.7. The van der Waals surface area contributed by atoms with E-state index in [9.17, 15) is 18.0 Å². The van der Waals surface area contributed by atoms with Crippen LogP contribution >= 0.6 is 0 Å². The van der Waals surface area contributed by atoms with Gasteiger partial charge in [0, 0.05) is 50.4 Å². The summed E-state index contributed by atoms with van der Waals surface area (Å²) in [5.41, 5.74) is -0.370. The number of fused-ring (bicyclic) bond motifs is 1. The highest BCUT2D eigenvalue weighted by atomic mass is 19.4. The van der Waals surface area contributed by atoms with Crippen LogP contribution in [-0.2, 0) is 6.18 Å². The Kier molecular flexibility index (Phi) is 7.34. The highest BCUT2D eigenvalue weighted by molar-refractivity contribution is 6.05. The number of ether oxygens (including phenoxy) is 1. The number of benzene rings is 1. The predicted molar refractivity (Wildman–Crippen MR) is 134 cm³/mol. The van der Waals surface area contributed by atoms with Gasteiger partial charge in [0.05, 0.1) is 24.4 Å². The lowest BCUT2D eigenvalue weighted by molar-refractivity contribution is -0.141. The summed E-state index contributed by atoms with van der Waals surface area (Å²) >= 11 is 0. The van der Waals surface area contributed by atoms with Crippen LogP contribution in [0.25, 0.3) is 10.9 Å². The number of methoxy groups -OCH3 is 1. The number of rotatable bonds is 6. The van der Waals surface area contributed by atoms with Gasteiger partial charge in [0.25, 0.3) is 5.91 Å². The van der Waals surface area contributed by atoms with Gasteiger partial charge >= 0.3 is 6.18 Å². The van der Waals surface area contributed by atoms with Crippen molar-refractivity contribution in [3.8, 4) is 5.75 Å². The first-order valence-electron chi connectivity index (χ1n) is 12.7.